The normalized spacial score (nSPS) is 31.4. The highest BCUT2D eigenvalue weighted by atomic mass is 16.3. The van der Waals surface area contributed by atoms with Gasteiger partial charge in [-0.3, -0.25) is 14.4 Å². The molecule has 0 aliphatic heterocycles. The van der Waals surface area contributed by atoms with Crippen molar-refractivity contribution < 1.29 is 29.7 Å². The van der Waals surface area contributed by atoms with Crippen molar-refractivity contribution in [2.45, 2.75) is 32.1 Å². The Morgan fingerprint density at radius 2 is 1.85 bits per heavy atom. The second-order valence-corrected chi connectivity index (χ2v) is 7.35. The van der Waals surface area contributed by atoms with Crippen LogP contribution in [0, 0.1) is 17.8 Å². The van der Waals surface area contributed by atoms with Gasteiger partial charge in [0.1, 0.15) is 22.9 Å². The third-order valence-electron chi connectivity index (χ3n) is 5.88. The number of rotatable bonds is 1. The maximum atomic E-state index is 12.9. The number of fused-ring (bicyclic) bond motifs is 3. The number of carbonyl (C=O) groups excluding carboxylic acids is 3. The van der Waals surface area contributed by atoms with Gasteiger partial charge in [-0.15, -0.1) is 0 Å². The SMILES string of the molecule is NC(=O)C1=C(O)C[C@@H]2C[C@@H]3CC4=CCCC(O)=C4C(=O)C3=C(O)C2C1=O. The molecule has 136 valence electrons. The number of primary amides is 1. The van der Waals surface area contributed by atoms with E-state index in [2.05, 4.69) is 0 Å². The summed E-state index contributed by atoms with van der Waals surface area (Å²) in [5.41, 5.74) is 5.84. The second kappa shape index (κ2) is 5.59. The number of carbonyl (C=O) groups is 3. The molecule has 0 bridgehead atoms. The van der Waals surface area contributed by atoms with Crippen molar-refractivity contribution in [1.82, 2.24) is 0 Å². The average molecular weight is 357 g/mol. The number of hydrogen-bond acceptors (Lipinski definition) is 6. The highest BCUT2D eigenvalue weighted by Gasteiger charge is 2.50. The van der Waals surface area contributed by atoms with Crippen molar-refractivity contribution >= 4 is 17.5 Å². The van der Waals surface area contributed by atoms with Gasteiger partial charge in [-0.1, -0.05) is 6.08 Å². The molecule has 5 N–H and O–H groups in total. The Balaban J connectivity index is 1.82. The van der Waals surface area contributed by atoms with Crippen LogP contribution in [0.1, 0.15) is 32.1 Å². The van der Waals surface area contributed by atoms with Gasteiger partial charge in [-0.2, -0.15) is 0 Å². The zero-order chi connectivity index (χ0) is 18.7. The van der Waals surface area contributed by atoms with Gasteiger partial charge in [-0.05, 0) is 36.7 Å². The number of amides is 1. The number of hydrogen-bond donors (Lipinski definition) is 4. The molecule has 0 saturated heterocycles. The summed E-state index contributed by atoms with van der Waals surface area (Å²) in [5.74, 6) is -4.65. The lowest BCUT2D eigenvalue weighted by Crippen LogP contribution is -2.43. The Bertz CT molecular complexity index is 888. The summed E-state index contributed by atoms with van der Waals surface area (Å²) in [6.07, 6.45) is 3.95. The number of Topliss-reactive ketones (excluding diaryl/α,β-unsaturated/α-hetero) is 2. The van der Waals surface area contributed by atoms with Crippen LogP contribution in [0.4, 0.5) is 0 Å². The average Bonchev–Trinajstić information content (AvgIpc) is 2.53. The van der Waals surface area contributed by atoms with Gasteiger partial charge in [0.25, 0.3) is 5.91 Å². The van der Waals surface area contributed by atoms with E-state index in [1.165, 1.54) is 0 Å². The van der Waals surface area contributed by atoms with Gasteiger partial charge >= 0.3 is 0 Å². The first kappa shape index (κ1) is 16.6. The van der Waals surface area contributed by atoms with Gasteiger partial charge in [-0.25, -0.2) is 0 Å². The third kappa shape index (κ3) is 2.16. The lowest BCUT2D eigenvalue weighted by molar-refractivity contribution is -0.126. The van der Waals surface area contributed by atoms with Crippen molar-refractivity contribution in [2.24, 2.45) is 23.5 Å². The Kier molecular flexibility index (Phi) is 3.57. The fraction of sp³-hybridized carbons (Fsp3) is 0.421. The van der Waals surface area contributed by atoms with Crippen LogP contribution in [0.2, 0.25) is 0 Å². The molecule has 3 atom stereocenters. The van der Waals surface area contributed by atoms with Crippen molar-refractivity contribution in [1.29, 1.82) is 0 Å². The summed E-state index contributed by atoms with van der Waals surface area (Å²) in [7, 11) is 0. The number of allylic oxidation sites excluding steroid dienone is 7. The molecule has 26 heavy (non-hydrogen) atoms. The lowest BCUT2D eigenvalue weighted by atomic mass is 9.61. The molecule has 4 aliphatic rings. The third-order valence-corrected chi connectivity index (χ3v) is 5.88. The molecule has 0 aromatic heterocycles. The zero-order valence-electron chi connectivity index (χ0n) is 14.0. The molecule has 7 heteroatoms. The molecular formula is C19H19NO6. The van der Waals surface area contributed by atoms with E-state index in [4.69, 9.17) is 5.73 Å². The van der Waals surface area contributed by atoms with E-state index >= 15 is 0 Å². The summed E-state index contributed by atoms with van der Waals surface area (Å²) in [4.78, 5) is 37.1. The van der Waals surface area contributed by atoms with E-state index in [1.807, 2.05) is 6.08 Å². The maximum Gasteiger partial charge on any atom is 0.255 e. The molecule has 1 fully saturated rings. The lowest BCUT2D eigenvalue weighted by Gasteiger charge is -2.41. The van der Waals surface area contributed by atoms with Gasteiger partial charge in [0.15, 0.2) is 11.6 Å². The summed E-state index contributed by atoms with van der Waals surface area (Å²) in [6, 6.07) is 0. The van der Waals surface area contributed by atoms with Crippen molar-refractivity contribution in [2.75, 3.05) is 0 Å². The predicted molar refractivity (Wildman–Crippen MR) is 89.8 cm³/mol. The van der Waals surface area contributed by atoms with Crippen LogP contribution < -0.4 is 5.73 Å². The van der Waals surface area contributed by atoms with E-state index in [9.17, 15) is 29.7 Å². The van der Waals surface area contributed by atoms with Crippen molar-refractivity contribution in [3.8, 4) is 0 Å². The molecule has 1 amide bonds. The largest absolute Gasteiger partial charge is 0.512 e. The van der Waals surface area contributed by atoms with Crippen molar-refractivity contribution in [3.05, 3.63) is 45.6 Å². The second-order valence-electron chi connectivity index (χ2n) is 7.35. The van der Waals surface area contributed by atoms with E-state index in [0.717, 1.165) is 5.57 Å². The minimum atomic E-state index is -1.06. The van der Waals surface area contributed by atoms with Gasteiger partial charge in [0, 0.05) is 18.4 Å². The van der Waals surface area contributed by atoms with Gasteiger partial charge in [0.2, 0.25) is 0 Å². The van der Waals surface area contributed by atoms with E-state index in [0.29, 0.717) is 25.7 Å². The van der Waals surface area contributed by atoms with Crippen LogP contribution >= 0.6 is 0 Å². The number of ketones is 2. The molecule has 0 spiro atoms. The molecule has 4 aliphatic carbocycles. The first-order valence-corrected chi connectivity index (χ1v) is 8.66. The molecule has 0 radical (unpaired) electrons. The highest BCUT2D eigenvalue weighted by molar-refractivity contribution is 6.22. The van der Waals surface area contributed by atoms with Gasteiger partial charge in [0.05, 0.1) is 11.5 Å². The minimum absolute atomic E-state index is 0.0127. The Labute approximate surface area is 149 Å². The fourth-order valence-electron chi connectivity index (χ4n) is 4.82. The molecule has 0 aromatic rings. The molecule has 1 unspecified atom stereocenters. The minimum Gasteiger partial charge on any atom is -0.512 e. The monoisotopic (exact) mass is 357 g/mol. The maximum absolute atomic E-state index is 12.9. The summed E-state index contributed by atoms with van der Waals surface area (Å²) in [6.45, 7) is 0. The van der Waals surface area contributed by atoms with Crippen LogP contribution in [0.25, 0.3) is 0 Å². The quantitative estimate of drug-likeness (QED) is 0.528. The Morgan fingerprint density at radius 1 is 1.12 bits per heavy atom. The molecule has 0 aromatic carbocycles. The van der Waals surface area contributed by atoms with Crippen LogP contribution in [-0.2, 0) is 14.4 Å². The number of aliphatic hydroxyl groups excluding tert-OH is 3. The van der Waals surface area contributed by atoms with E-state index in [-0.39, 0.29) is 40.8 Å². The van der Waals surface area contributed by atoms with Crippen LogP contribution in [0.5, 0.6) is 0 Å². The van der Waals surface area contributed by atoms with Crippen LogP contribution in [0.3, 0.4) is 0 Å². The first-order chi connectivity index (χ1) is 12.3. The van der Waals surface area contributed by atoms with E-state index < -0.39 is 34.9 Å². The number of aliphatic hydroxyl groups is 3. The van der Waals surface area contributed by atoms with Crippen LogP contribution in [-0.4, -0.2) is 32.8 Å². The Hall–Kier alpha value is -2.83. The summed E-state index contributed by atoms with van der Waals surface area (Å²) >= 11 is 0. The molecule has 7 nitrogen and oxygen atoms in total. The standard InChI is InChI=1S/C19H19NO6/c20-19(26)15-11(22)6-9-5-8-4-7-2-1-3-10(21)12(7)16(23)13(8)17(24)14(9)18(15)25/h2,8-9,14,21-22,24H,1,3-6H2,(H2,20,26)/t8-,9-,14?/m0/s1. The first-order valence-electron chi connectivity index (χ1n) is 8.66. The highest BCUT2D eigenvalue weighted by Crippen LogP contribution is 2.51. The number of nitrogens with two attached hydrogens (primary N) is 1. The molecule has 1 saturated carbocycles. The topological polar surface area (TPSA) is 138 Å². The van der Waals surface area contributed by atoms with Crippen molar-refractivity contribution in [3.63, 3.8) is 0 Å². The molecular weight excluding hydrogens is 338 g/mol. The molecule has 4 rings (SSSR count). The van der Waals surface area contributed by atoms with Gasteiger partial charge < -0.3 is 21.1 Å². The Morgan fingerprint density at radius 3 is 2.54 bits per heavy atom. The predicted octanol–water partition coefficient (Wildman–Crippen LogP) is 1.83. The molecule has 0 heterocycles. The zero-order valence-corrected chi connectivity index (χ0v) is 14.0. The smallest absolute Gasteiger partial charge is 0.255 e. The van der Waals surface area contributed by atoms with E-state index in [1.54, 1.807) is 0 Å². The van der Waals surface area contributed by atoms with Crippen LogP contribution in [0.15, 0.2) is 45.6 Å². The summed E-state index contributed by atoms with van der Waals surface area (Å²) < 4.78 is 0. The summed E-state index contributed by atoms with van der Waals surface area (Å²) in [5, 5.41) is 30.9. The fourth-order valence-corrected chi connectivity index (χ4v) is 4.82.